The number of carbonyl (C=O) groups is 7. The topological polar surface area (TPSA) is 222 Å². The minimum absolute atomic E-state index is 0.0360. The molecule has 7 N–H and O–H groups in total. The third-order valence-corrected chi connectivity index (χ3v) is 8.08. The van der Waals surface area contributed by atoms with E-state index in [1.807, 2.05) is 52.9 Å². The summed E-state index contributed by atoms with van der Waals surface area (Å²) in [5.41, 5.74) is 5.19. The number of halogens is 1. The highest BCUT2D eigenvalue weighted by molar-refractivity contribution is 14.1. The van der Waals surface area contributed by atoms with Gasteiger partial charge in [-0.25, -0.2) is 0 Å². The van der Waals surface area contributed by atoms with E-state index in [2.05, 4.69) is 16.0 Å². The molecule has 2 rings (SSSR count). The molecule has 4 atom stereocenters. The van der Waals surface area contributed by atoms with Crippen LogP contribution in [-0.4, -0.2) is 75.1 Å². The Labute approximate surface area is 280 Å². The summed E-state index contributed by atoms with van der Waals surface area (Å²) in [7, 11) is 0. The van der Waals surface area contributed by atoms with Crippen LogP contribution in [0.1, 0.15) is 62.4 Å². The first-order chi connectivity index (χ1) is 21.6. The Balaban J connectivity index is 2.17. The van der Waals surface area contributed by atoms with Gasteiger partial charge in [-0.2, -0.15) is 0 Å². The van der Waals surface area contributed by atoms with Gasteiger partial charge in [0, 0.05) is 15.6 Å². The third kappa shape index (κ3) is 11.0. The van der Waals surface area contributed by atoms with Gasteiger partial charge < -0.3 is 31.9 Å². The number of nitrogens with one attached hydrogen (secondary N) is 3. The molecule has 0 bridgehead atoms. The van der Waals surface area contributed by atoms with E-state index in [9.17, 15) is 43.8 Å². The van der Waals surface area contributed by atoms with Gasteiger partial charge in [0.05, 0.1) is 24.9 Å². The molecule has 0 saturated carbocycles. The van der Waals surface area contributed by atoms with Crippen LogP contribution in [0, 0.1) is 9.49 Å². The molecule has 0 aliphatic rings. The number of Topliss-reactive ketones (excluding diaryl/α,β-unsaturated/α-hetero) is 2. The highest BCUT2D eigenvalue weighted by Crippen LogP contribution is 2.19. The molecule has 0 radical (unpaired) electrons. The normalized spacial score (nSPS) is 14.2. The average Bonchev–Trinajstić information content (AvgIpc) is 2.99. The fourth-order valence-electron chi connectivity index (χ4n) is 4.61. The fraction of sp³-hybridized carbons (Fsp3) is 0.406. The van der Waals surface area contributed by atoms with Crippen molar-refractivity contribution in [1.29, 1.82) is 0 Å². The van der Waals surface area contributed by atoms with Gasteiger partial charge in [0.1, 0.15) is 6.04 Å². The Hall–Kier alpha value is -4.18. The van der Waals surface area contributed by atoms with E-state index in [-0.39, 0.29) is 12.0 Å². The van der Waals surface area contributed by atoms with E-state index >= 15 is 0 Å². The van der Waals surface area contributed by atoms with Crippen molar-refractivity contribution >= 4 is 63.8 Å². The molecule has 0 fully saturated rings. The fourth-order valence-corrected chi connectivity index (χ4v) is 4.97. The Morgan fingerprint density at radius 1 is 0.804 bits per heavy atom. The summed E-state index contributed by atoms with van der Waals surface area (Å²) in [6.45, 7) is 4.17. The van der Waals surface area contributed by atoms with Gasteiger partial charge in [-0.05, 0) is 78.1 Å². The van der Waals surface area contributed by atoms with Crippen molar-refractivity contribution in [3.8, 4) is 0 Å². The van der Waals surface area contributed by atoms with Crippen molar-refractivity contribution in [3.05, 3.63) is 69.3 Å². The smallest absolute Gasteiger partial charge is 0.305 e. The number of hydrogen-bond donors (Lipinski definition) is 6. The molecule has 0 saturated heterocycles. The molecule has 0 aromatic heterocycles. The average molecular weight is 751 g/mol. The lowest BCUT2D eigenvalue weighted by Gasteiger charge is -2.34. The van der Waals surface area contributed by atoms with Gasteiger partial charge in [-0.3, -0.25) is 33.6 Å². The van der Waals surface area contributed by atoms with Gasteiger partial charge in [0.2, 0.25) is 11.8 Å². The lowest BCUT2D eigenvalue weighted by molar-refractivity contribution is -0.143. The van der Waals surface area contributed by atoms with Gasteiger partial charge in [-0.15, -0.1) is 0 Å². The van der Waals surface area contributed by atoms with Crippen LogP contribution in [0.15, 0.2) is 54.6 Å². The number of carbonyl (C=O) groups excluding carboxylic acids is 5. The predicted molar refractivity (Wildman–Crippen MR) is 176 cm³/mol. The van der Waals surface area contributed by atoms with Crippen LogP contribution in [0.25, 0.3) is 0 Å². The first-order valence-corrected chi connectivity index (χ1v) is 15.6. The number of nitrogens with two attached hydrogens (primary N) is 1. The maximum atomic E-state index is 13.6. The van der Waals surface area contributed by atoms with Crippen molar-refractivity contribution in [3.63, 3.8) is 0 Å². The number of rotatable bonds is 18. The quantitative estimate of drug-likeness (QED) is 0.0959. The van der Waals surface area contributed by atoms with Crippen molar-refractivity contribution in [2.45, 2.75) is 76.5 Å². The number of hydrogen-bond acceptors (Lipinski definition) is 8. The van der Waals surface area contributed by atoms with Crippen LogP contribution in [0.2, 0.25) is 0 Å². The van der Waals surface area contributed by atoms with Crippen LogP contribution in [0.5, 0.6) is 0 Å². The molecule has 2 aromatic rings. The highest BCUT2D eigenvalue weighted by atomic mass is 127. The van der Waals surface area contributed by atoms with Crippen molar-refractivity contribution in [1.82, 2.24) is 16.0 Å². The highest BCUT2D eigenvalue weighted by Gasteiger charge is 2.48. The first-order valence-electron chi connectivity index (χ1n) is 14.6. The SMILES string of the molecule is CC(C)C(N)(C(=O)N[C@@H](CC(=O)O)C(=O)CCCc1ccccc1)C(=O)[C@H](C)NC(=O)[C@H](CC(=O)O)NC(=O)c1ccc(I)cc1. The van der Waals surface area contributed by atoms with Crippen LogP contribution in [-0.2, 0) is 35.2 Å². The molecular weight excluding hydrogens is 711 g/mol. The van der Waals surface area contributed by atoms with E-state index < -0.39 is 83.7 Å². The lowest BCUT2D eigenvalue weighted by Crippen LogP contribution is -2.68. The van der Waals surface area contributed by atoms with Crippen LogP contribution in [0.3, 0.4) is 0 Å². The van der Waals surface area contributed by atoms with Crippen molar-refractivity contribution in [2.24, 2.45) is 11.7 Å². The molecule has 0 spiro atoms. The van der Waals surface area contributed by atoms with Gasteiger partial charge in [-0.1, -0.05) is 44.2 Å². The van der Waals surface area contributed by atoms with Crippen LogP contribution >= 0.6 is 22.6 Å². The minimum atomic E-state index is -2.32. The molecule has 0 heterocycles. The van der Waals surface area contributed by atoms with Gasteiger partial charge in [0.15, 0.2) is 17.1 Å². The van der Waals surface area contributed by atoms with Crippen LogP contribution < -0.4 is 21.7 Å². The number of benzene rings is 2. The predicted octanol–water partition coefficient (Wildman–Crippen LogP) is 1.84. The number of aryl methyl sites for hydroxylation is 1. The molecule has 0 aliphatic carbocycles. The Morgan fingerprint density at radius 3 is 1.91 bits per heavy atom. The Kier molecular flexibility index (Phi) is 14.5. The maximum Gasteiger partial charge on any atom is 0.305 e. The summed E-state index contributed by atoms with van der Waals surface area (Å²) in [4.78, 5) is 88.8. The van der Waals surface area contributed by atoms with E-state index in [0.717, 1.165) is 9.13 Å². The number of amides is 3. The number of carboxylic acids is 2. The number of carboxylic acid groups (broad SMARTS) is 2. The lowest BCUT2D eigenvalue weighted by atomic mass is 9.79. The first kappa shape index (κ1) is 38.0. The standard InChI is InChI=1S/C32H39IN4O9/c1-18(2)32(34,31(46)37-23(16-26(39)40)25(38)11-7-10-20-8-5-4-6-9-20)28(43)19(3)35-30(45)24(17-27(41)42)36-29(44)21-12-14-22(33)15-13-21/h4-6,8-9,12-15,18-19,23-24H,7,10-11,16-17,34H2,1-3H3,(H,35,45)(H,36,44)(H,37,46)(H,39,40)(H,41,42)/t19-,23-,24-,32?/m0/s1. The summed E-state index contributed by atoms with van der Waals surface area (Å²) < 4.78 is 0.850. The van der Waals surface area contributed by atoms with E-state index in [0.29, 0.717) is 12.8 Å². The van der Waals surface area contributed by atoms with Crippen molar-refractivity contribution in [2.75, 3.05) is 0 Å². The Morgan fingerprint density at radius 2 is 1.37 bits per heavy atom. The van der Waals surface area contributed by atoms with Gasteiger partial charge >= 0.3 is 11.9 Å². The molecule has 46 heavy (non-hydrogen) atoms. The molecule has 1 unspecified atom stereocenters. The zero-order valence-electron chi connectivity index (χ0n) is 25.7. The van der Waals surface area contributed by atoms with E-state index in [1.165, 1.54) is 32.9 Å². The molecule has 13 nitrogen and oxygen atoms in total. The number of ketones is 2. The second-order valence-corrected chi connectivity index (χ2v) is 12.4. The second kappa shape index (κ2) is 17.5. The van der Waals surface area contributed by atoms with Crippen molar-refractivity contribution < 1.29 is 43.8 Å². The van der Waals surface area contributed by atoms with E-state index in [1.54, 1.807) is 12.1 Å². The summed E-state index contributed by atoms with van der Waals surface area (Å²) in [5, 5.41) is 25.7. The maximum absolute atomic E-state index is 13.6. The molecule has 248 valence electrons. The third-order valence-electron chi connectivity index (χ3n) is 7.36. The largest absolute Gasteiger partial charge is 0.481 e. The molecule has 2 aromatic carbocycles. The summed E-state index contributed by atoms with van der Waals surface area (Å²) in [6.07, 6.45) is -0.624. The van der Waals surface area contributed by atoms with Gasteiger partial charge in [0.25, 0.3) is 5.91 Å². The molecule has 14 heteroatoms. The zero-order chi connectivity index (χ0) is 34.6. The summed E-state index contributed by atoms with van der Waals surface area (Å²) in [6, 6.07) is 11.1. The number of aliphatic carboxylic acids is 2. The molecular formula is C32H39IN4O9. The molecule has 0 aliphatic heterocycles. The summed E-state index contributed by atoms with van der Waals surface area (Å²) >= 11 is 2.04. The molecule has 3 amide bonds. The second-order valence-electron chi connectivity index (χ2n) is 11.2. The Bertz CT molecular complexity index is 1430. The minimum Gasteiger partial charge on any atom is -0.481 e. The van der Waals surface area contributed by atoms with E-state index in [4.69, 9.17) is 5.73 Å². The monoisotopic (exact) mass is 750 g/mol. The van der Waals surface area contributed by atoms with Crippen LogP contribution in [0.4, 0.5) is 0 Å². The zero-order valence-corrected chi connectivity index (χ0v) is 27.9. The summed E-state index contributed by atoms with van der Waals surface area (Å²) in [5.74, 6) is -7.98.